The molecule has 2 rings (SSSR count). The van der Waals surface area contributed by atoms with E-state index < -0.39 is 0 Å². The van der Waals surface area contributed by atoms with E-state index in [1.54, 1.807) is 21.3 Å². The highest BCUT2D eigenvalue weighted by Gasteiger charge is 2.16. The number of carbonyl (C=O) groups excluding carboxylic acids is 1. The van der Waals surface area contributed by atoms with E-state index in [1.165, 1.54) is 32.1 Å². The number of rotatable bonds is 8. The van der Waals surface area contributed by atoms with Gasteiger partial charge in [0.15, 0.2) is 11.5 Å². The van der Waals surface area contributed by atoms with Crippen molar-refractivity contribution in [3.8, 4) is 17.2 Å². The third kappa shape index (κ3) is 5.05. The highest BCUT2D eigenvalue weighted by molar-refractivity contribution is 5.75. The third-order valence-corrected chi connectivity index (χ3v) is 4.72. The fourth-order valence-electron chi connectivity index (χ4n) is 3.34. The molecule has 0 unspecified atom stereocenters. The molecule has 0 saturated heterocycles. The zero-order valence-electron chi connectivity index (χ0n) is 15.0. The Morgan fingerprint density at radius 1 is 1.04 bits per heavy atom. The lowest BCUT2D eigenvalue weighted by Gasteiger charge is -2.21. The van der Waals surface area contributed by atoms with Crippen molar-refractivity contribution in [1.29, 1.82) is 0 Å². The number of benzene rings is 1. The van der Waals surface area contributed by atoms with Crippen molar-refractivity contribution in [2.45, 2.75) is 51.5 Å². The summed E-state index contributed by atoms with van der Waals surface area (Å²) in [7, 11) is 4.75. The van der Waals surface area contributed by atoms with Crippen LogP contribution in [0.1, 0.15) is 50.5 Å². The van der Waals surface area contributed by atoms with Gasteiger partial charge in [0.25, 0.3) is 0 Å². The topological polar surface area (TPSA) is 56.8 Å². The number of nitrogens with one attached hydrogen (secondary N) is 1. The summed E-state index contributed by atoms with van der Waals surface area (Å²) in [5.41, 5.74) is 0.926. The van der Waals surface area contributed by atoms with Crippen LogP contribution in [0.5, 0.6) is 17.2 Å². The van der Waals surface area contributed by atoms with Crippen LogP contribution in [0.2, 0.25) is 0 Å². The first-order valence-electron chi connectivity index (χ1n) is 8.73. The average Bonchev–Trinajstić information content (AvgIpc) is 2.64. The Labute approximate surface area is 144 Å². The maximum absolute atomic E-state index is 12.1. The van der Waals surface area contributed by atoms with E-state index in [2.05, 4.69) is 5.32 Å². The number of ether oxygens (including phenoxy) is 3. The molecule has 1 saturated carbocycles. The van der Waals surface area contributed by atoms with Crippen LogP contribution in [0.4, 0.5) is 0 Å². The maximum atomic E-state index is 12.1. The zero-order chi connectivity index (χ0) is 17.4. The molecule has 1 aromatic carbocycles. The Hall–Kier alpha value is -1.91. The molecule has 0 aromatic heterocycles. The lowest BCUT2D eigenvalue weighted by atomic mass is 9.86. The van der Waals surface area contributed by atoms with Crippen molar-refractivity contribution >= 4 is 5.91 Å². The summed E-state index contributed by atoms with van der Waals surface area (Å²) in [5.74, 6) is 2.60. The SMILES string of the molecule is COc1cc(CNC(=O)CCC2CCCCC2)cc(OC)c1OC. The second-order valence-electron chi connectivity index (χ2n) is 6.35. The Morgan fingerprint density at radius 2 is 1.67 bits per heavy atom. The first-order valence-corrected chi connectivity index (χ1v) is 8.73. The molecule has 0 atom stereocenters. The molecular weight excluding hydrogens is 306 g/mol. The van der Waals surface area contributed by atoms with Gasteiger partial charge in [-0.05, 0) is 30.0 Å². The lowest BCUT2D eigenvalue weighted by molar-refractivity contribution is -0.121. The third-order valence-electron chi connectivity index (χ3n) is 4.72. The van der Waals surface area contributed by atoms with Crippen LogP contribution >= 0.6 is 0 Å². The molecular formula is C19H29NO4. The highest BCUT2D eigenvalue weighted by atomic mass is 16.5. The number of methoxy groups -OCH3 is 3. The zero-order valence-corrected chi connectivity index (χ0v) is 15.0. The summed E-state index contributed by atoms with van der Waals surface area (Å²) in [6.45, 7) is 0.459. The van der Waals surface area contributed by atoms with Crippen LogP contribution in [0, 0.1) is 5.92 Å². The van der Waals surface area contributed by atoms with Crippen molar-refractivity contribution in [1.82, 2.24) is 5.32 Å². The Balaban J connectivity index is 1.87. The van der Waals surface area contributed by atoms with Gasteiger partial charge in [-0.3, -0.25) is 4.79 Å². The molecule has 0 radical (unpaired) electrons. The van der Waals surface area contributed by atoms with Gasteiger partial charge in [0.2, 0.25) is 11.7 Å². The minimum atomic E-state index is 0.106. The predicted molar refractivity (Wildman–Crippen MR) is 93.8 cm³/mol. The van der Waals surface area contributed by atoms with Crippen molar-refractivity contribution < 1.29 is 19.0 Å². The Bertz CT molecular complexity index is 513. The van der Waals surface area contributed by atoms with Gasteiger partial charge in [0.1, 0.15) is 0 Å². The number of carbonyl (C=O) groups is 1. The maximum Gasteiger partial charge on any atom is 0.220 e. The Kier molecular flexibility index (Phi) is 7.22. The van der Waals surface area contributed by atoms with Crippen molar-refractivity contribution in [2.75, 3.05) is 21.3 Å². The summed E-state index contributed by atoms with van der Waals surface area (Å²) in [6.07, 6.45) is 8.15. The standard InChI is InChI=1S/C19H29NO4/c1-22-16-11-15(12-17(23-2)19(16)24-3)13-20-18(21)10-9-14-7-5-4-6-8-14/h11-12,14H,4-10,13H2,1-3H3,(H,20,21). The number of hydrogen-bond acceptors (Lipinski definition) is 4. The molecule has 1 amide bonds. The number of hydrogen-bond donors (Lipinski definition) is 1. The molecule has 0 aliphatic heterocycles. The van der Waals surface area contributed by atoms with E-state index >= 15 is 0 Å². The highest BCUT2D eigenvalue weighted by Crippen LogP contribution is 2.38. The van der Waals surface area contributed by atoms with Crippen LogP contribution in [-0.2, 0) is 11.3 Å². The van der Waals surface area contributed by atoms with Gasteiger partial charge in [-0.25, -0.2) is 0 Å². The smallest absolute Gasteiger partial charge is 0.220 e. The van der Waals surface area contributed by atoms with Crippen LogP contribution in [0.25, 0.3) is 0 Å². The fraction of sp³-hybridized carbons (Fsp3) is 0.632. The molecule has 1 aliphatic rings. The largest absolute Gasteiger partial charge is 0.493 e. The molecule has 1 aliphatic carbocycles. The van der Waals surface area contributed by atoms with Crippen molar-refractivity contribution in [3.05, 3.63) is 17.7 Å². The van der Waals surface area contributed by atoms with Crippen LogP contribution in [-0.4, -0.2) is 27.2 Å². The van der Waals surface area contributed by atoms with Gasteiger partial charge in [0.05, 0.1) is 21.3 Å². The Morgan fingerprint density at radius 3 is 2.21 bits per heavy atom. The van der Waals surface area contributed by atoms with E-state index in [9.17, 15) is 4.79 Å². The van der Waals surface area contributed by atoms with Crippen LogP contribution in [0.3, 0.4) is 0 Å². The second-order valence-corrected chi connectivity index (χ2v) is 6.35. The monoisotopic (exact) mass is 335 g/mol. The molecule has 0 bridgehead atoms. The lowest BCUT2D eigenvalue weighted by Crippen LogP contribution is -2.23. The summed E-state index contributed by atoms with van der Waals surface area (Å²) in [5, 5.41) is 2.99. The molecule has 1 N–H and O–H groups in total. The second kappa shape index (κ2) is 9.40. The average molecular weight is 335 g/mol. The van der Waals surface area contributed by atoms with Gasteiger partial charge in [-0.1, -0.05) is 32.1 Å². The van der Waals surface area contributed by atoms with Gasteiger partial charge >= 0.3 is 0 Å². The minimum absolute atomic E-state index is 0.106. The predicted octanol–water partition coefficient (Wildman–Crippen LogP) is 3.69. The molecule has 0 heterocycles. The molecule has 5 heteroatoms. The summed E-state index contributed by atoms with van der Waals surface area (Å²) < 4.78 is 16.0. The molecule has 1 aromatic rings. The van der Waals surface area contributed by atoms with E-state index in [-0.39, 0.29) is 5.91 Å². The normalized spacial score (nSPS) is 15.0. The summed E-state index contributed by atoms with van der Waals surface area (Å²) in [4.78, 5) is 12.1. The first-order chi connectivity index (χ1) is 11.7. The molecule has 5 nitrogen and oxygen atoms in total. The van der Waals surface area contributed by atoms with Gasteiger partial charge in [-0.15, -0.1) is 0 Å². The van der Waals surface area contributed by atoms with Gasteiger partial charge in [0, 0.05) is 13.0 Å². The van der Waals surface area contributed by atoms with Gasteiger partial charge < -0.3 is 19.5 Å². The minimum Gasteiger partial charge on any atom is -0.493 e. The molecule has 1 fully saturated rings. The summed E-state index contributed by atoms with van der Waals surface area (Å²) in [6, 6.07) is 3.73. The van der Waals surface area contributed by atoms with Crippen molar-refractivity contribution in [3.63, 3.8) is 0 Å². The molecule has 134 valence electrons. The number of amides is 1. The quantitative estimate of drug-likeness (QED) is 0.787. The molecule has 0 spiro atoms. The van der Waals surface area contributed by atoms with E-state index in [1.807, 2.05) is 12.1 Å². The van der Waals surface area contributed by atoms with Crippen molar-refractivity contribution in [2.24, 2.45) is 5.92 Å². The molecule has 24 heavy (non-hydrogen) atoms. The van der Waals surface area contributed by atoms with Gasteiger partial charge in [-0.2, -0.15) is 0 Å². The van der Waals surface area contributed by atoms with Crippen LogP contribution < -0.4 is 19.5 Å². The van der Waals surface area contributed by atoms with E-state index in [0.717, 1.165) is 17.9 Å². The van der Waals surface area contributed by atoms with Crippen LogP contribution in [0.15, 0.2) is 12.1 Å². The fourth-order valence-corrected chi connectivity index (χ4v) is 3.34. The van der Waals surface area contributed by atoms with E-state index in [0.29, 0.717) is 30.2 Å². The first kappa shape index (κ1) is 18.4. The van der Waals surface area contributed by atoms with E-state index in [4.69, 9.17) is 14.2 Å². The summed E-state index contributed by atoms with van der Waals surface area (Å²) >= 11 is 0.